The number of hydrogen-bond acceptors (Lipinski definition) is 3. The number of halogens is 1. The van der Waals surface area contributed by atoms with Crippen molar-refractivity contribution in [1.82, 2.24) is 5.32 Å². The summed E-state index contributed by atoms with van der Waals surface area (Å²) in [6, 6.07) is 5.95. The van der Waals surface area contributed by atoms with Crippen LogP contribution in [0.5, 0.6) is 5.75 Å². The van der Waals surface area contributed by atoms with E-state index in [1.54, 1.807) is 12.1 Å². The molecule has 0 heterocycles. The Hall–Kier alpha value is -1.57. The van der Waals surface area contributed by atoms with Gasteiger partial charge in [0, 0.05) is 6.54 Å². The van der Waals surface area contributed by atoms with Crippen LogP contribution in [0.15, 0.2) is 24.3 Å². The Morgan fingerprint density at radius 2 is 2.24 bits per heavy atom. The summed E-state index contributed by atoms with van der Waals surface area (Å²) in [5, 5.41) is 12.5. The van der Waals surface area contributed by atoms with Crippen LogP contribution in [0.1, 0.15) is 6.92 Å². The van der Waals surface area contributed by atoms with Gasteiger partial charge in [-0.25, -0.2) is 4.39 Å². The summed E-state index contributed by atoms with van der Waals surface area (Å²) in [5.74, 6) is 2.18. The highest BCUT2D eigenvalue weighted by Crippen LogP contribution is 2.15. The first-order valence-corrected chi connectivity index (χ1v) is 5.38. The summed E-state index contributed by atoms with van der Waals surface area (Å²) in [7, 11) is 0. The van der Waals surface area contributed by atoms with Crippen LogP contribution < -0.4 is 10.1 Å². The third-order valence-electron chi connectivity index (χ3n) is 2.18. The molecule has 92 valence electrons. The molecule has 0 amide bonds. The average molecular weight is 237 g/mol. The molecule has 2 atom stereocenters. The minimum Gasteiger partial charge on any atom is -0.488 e. The fourth-order valence-electron chi connectivity index (χ4n) is 1.18. The van der Waals surface area contributed by atoms with E-state index in [9.17, 15) is 9.50 Å². The minimum absolute atomic E-state index is 0.0191. The SMILES string of the molecule is C#CC(C)NCC(O)COc1ccccc1F. The summed E-state index contributed by atoms with van der Waals surface area (Å²) in [4.78, 5) is 0. The first-order valence-electron chi connectivity index (χ1n) is 5.38. The lowest BCUT2D eigenvalue weighted by atomic mass is 10.3. The molecule has 0 saturated heterocycles. The Kier molecular flexibility index (Phi) is 5.47. The van der Waals surface area contributed by atoms with Crippen LogP contribution in [0.3, 0.4) is 0 Å². The topological polar surface area (TPSA) is 41.5 Å². The van der Waals surface area contributed by atoms with Crippen molar-refractivity contribution in [3.05, 3.63) is 30.1 Å². The van der Waals surface area contributed by atoms with Gasteiger partial charge in [-0.2, -0.15) is 0 Å². The fourth-order valence-corrected chi connectivity index (χ4v) is 1.18. The molecule has 0 aromatic heterocycles. The molecule has 2 N–H and O–H groups in total. The maximum absolute atomic E-state index is 13.2. The zero-order chi connectivity index (χ0) is 12.7. The summed E-state index contributed by atoms with van der Waals surface area (Å²) in [6.45, 7) is 2.13. The van der Waals surface area contributed by atoms with Crippen molar-refractivity contribution in [1.29, 1.82) is 0 Å². The number of rotatable bonds is 6. The number of para-hydroxylation sites is 1. The highest BCUT2D eigenvalue weighted by molar-refractivity contribution is 5.23. The molecular weight excluding hydrogens is 221 g/mol. The van der Waals surface area contributed by atoms with Gasteiger partial charge in [0.25, 0.3) is 0 Å². The largest absolute Gasteiger partial charge is 0.488 e. The van der Waals surface area contributed by atoms with Gasteiger partial charge in [0.2, 0.25) is 0 Å². The van der Waals surface area contributed by atoms with Gasteiger partial charge >= 0.3 is 0 Å². The Bertz CT molecular complexity index is 389. The summed E-state index contributed by atoms with van der Waals surface area (Å²) in [5.41, 5.74) is 0. The number of nitrogens with one attached hydrogen (secondary N) is 1. The van der Waals surface area contributed by atoms with Gasteiger partial charge in [0.15, 0.2) is 11.6 Å². The van der Waals surface area contributed by atoms with E-state index in [1.165, 1.54) is 12.1 Å². The molecule has 17 heavy (non-hydrogen) atoms. The number of hydrogen-bond donors (Lipinski definition) is 2. The van der Waals surface area contributed by atoms with Gasteiger partial charge in [-0.15, -0.1) is 6.42 Å². The molecule has 4 heteroatoms. The molecule has 0 aliphatic rings. The lowest BCUT2D eigenvalue weighted by Gasteiger charge is -2.14. The van der Waals surface area contributed by atoms with Crippen LogP contribution in [0.4, 0.5) is 4.39 Å². The van der Waals surface area contributed by atoms with Gasteiger partial charge in [-0.3, -0.25) is 0 Å². The Balaban J connectivity index is 2.31. The van der Waals surface area contributed by atoms with Crippen molar-refractivity contribution in [3.8, 4) is 18.1 Å². The third kappa shape index (κ3) is 4.85. The van der Waals surface area contributed by atoms with Crippen LogP contribution >= 0.6 is 0 Å². The Morgan fingerprint density at radius 1 is 1.53 bits per heavy atom. The van der Waals surface area contributed by atoms with Crippen molar-refractivity contribution in [2.45, 2.75) is 19.1 Å². The molecule has 0 saturated carbocycles. The summed E-state index contributed by atoms with van der Waals surface area (Å²) >= 11 is 0. The van der Waals surface area contributed by atoms with Crippen molar-refractivity contribution in [2.24, 2.45) is 0 Å². The predicted octanol–water partition coefficient (Wildman–Crippen LogP) is 1.18. The van der Waals surface area contributed by atoms with E-state index in [-0.39, 0.29) is 18.4 Å². The van der Waals surface area contributed by atoms with Gasteiger partial charge in [0.1, 0.15) is 12.7 Å². The first kappa shape index (κ1) is 13.5. The average Bonchev–Trinajstić information content (AvgIpc) is 2.35. The van der Waals surface area contributed by atoms with Crippen LogP contribution in [-0.4, -0.2) is 30.4 Å². The molecule has 1 aromatic carbocycles. The van der Waals surface area contributed by atoms with Crippen LogP contribution in [0, 0.1) is 18.2 Å². The normalized spacial score (nSPS) is 13.8. The number of ether oxygens (including phenoxy) is 1. The van der Waals surface area contributed by atoms with Gasteiger partial charge in [-0.05, 0) is 19.1 Å². The second kappa shape index (κ2) is 6.89. The Morgan fingerprint density at radius 3 is 2.88 bits per heavy atom. The summed E-state index contributed by atoms with van der Waals surface area (Å²) < 4.78 is 18.3. The van der Waals surface area contributed by atoms with Crippen LogP contribution in [-0.2, 0) is 0 Å². The molecule has 0 aliphatic carbocycles. The molecular formula is C13H16FNO2. The van der Waals surface area contributed by atoms with Gasteiger partial charge in [0.05, 0.1) is 6.04 Å². The molecule has 3 nitrogen and oxygen atoms in total. The molecule has 0 spiro atoms. The van der Waals surface area contributed by atoms with E-state index >= 15 is 0 Å². The van der Waals surface area contributed by atoms with E-state index in [0.717, 1.165) is 0 Å². The molecule has 0 fully saturated rings. The standard InChI is InChI=1S/C13H16FNO2/c1-3-10(2)15-8-11(16)9-17-13-7-5-4-6-12(13)14/h1,4-7,10-11,15-16H,8-9H2,2H3. The van der Waals surface area contributed by atoms with Crippen LogP contribution in [0.25, 0.3) is 0 Å². The van der Waals surface area contributed by atoms with E-state index in [4.69, 9.17) is 11.2 Å². The number of benzene rings is 1. The van der Waals surface area contributed by atoms with E-state index in [1.807, 2.05) is 6.92 Å². The highest BCUT2D eigenvalue weighted by Gasteiger charge is 2.08. The molecule has 2 unspecified atom stereocenters. The van der Waals surface area contributed by atoms with Crippen molar-refractivity contribution in [3.63, 3.8) is 0 Å². The van der Waals surface area contributed by atoms with Crippen molar-refractivity contribution < 1.29 is 14.2 Å². The molecule has 1 aromatic rings. The first-order chi connectivity index (χ1) is 8.13. The number of terminal acetylenes is 1. The third-order valence-corrected chi connectivity index (χ3v) is 2.18. The highest BCUT2D eigenvalue weighted by atomic mass is 19.1. The molecule has 0 radical (unpaired) electrons. The zero-order valence-corrected chi connectivity index (χ0v) is 9.69. The fraction of sp³-hybridized carbons (Fsp3) is 0.385. The maximum atomic E-state index is 13.2. The monoisotopic (exact) mass is 237 g/mol. The minimum atomic E-state index is -0.731. The molecule has 1 rings (SSSR count). The molecule has 0 aliphatic heterocycles. The van der Waals surface area contributed by atoms with Gasteiger partial charge < -0.3 is 15.2 Å². The van der Waals surface area contributed by atoms with Crippen molar-refractivity contribution in [2.75, 3.05) is 13.2 Å². The van der Waals surface area contributed by atoms with Crippen LogP contribution in [0.2, 0.25) is 0 Å². The van der Waals surface area contributed by atoms with E-state index in [0.29, 0.717) is 6.54 Å². The van der Waals surface area contributed by atoms with Gasteiger partial charge in [-0.1, -0.05) is 18.1 Å². The lowest BCUT2D eigenvalue weighted by Crippen LogP contribution is -2.35. The van der Waals surface area contributed by atoms with Crippen molar-refractivity contribution >= 4 is 0 Å². The zero-order valence-electron chi connectivity index (χ0n) is 9.69. The quantitative estimate of drug-likeness (QED) is 0.730. The number of aliphatic hydroxyl groups excluding tert-OH is 1. The predicted molar refractivity (Wildman–Crippen MR) is 64.2 cm³/mol. The van der Waals surface area contributed by atoms with E-state index in [2.05, 4.69) is 11.2 Å². The second-order valence-corrected chi connectivity index (χ2v) is 3.69. The molecule has 0 bridgehead atoms. The smallest absolute Gasteiger partial charge is 0.165 e. The van der Waals surface area contributed by atoms with E-state index < -0.39 is 11.9 Å². The Labute approximate surface area is 101 Å². The summed E-state index contributed by atoms with van der Waals surface area (Å²) in [6.07, 6.45) is 4.44. The maximum Gasteiger partial charge on any atom is 0.165 e. The number of aliphatic hydroxyl groups is 1. The second-order valence-electron chi connectivity index (χ2n) is 3.69. The lowest BCUT2D eigenvalue weighted by molar-refractivity contribution is 0.103.